The summed E-state index contributed by atoms with van der Waals surface area (Å²) in [7, 11) is 0. The minimum atomic E-state index is -0.751. The molecule has 5 heteroatoms. The van der Waals surface area contributed by atoms with Crippen molar-refractivity contribution in [3.8, 4) is 0 Å². The molecule has 1 N–H and O–H groups in total. The van der Waals surface area contributed by atoms with Crippen LogP contribution >= 0.6 is 0 Å². The van der Waals surface area contributed by atoms with Gasteiger partial charge in [0, 0.05) is 6.42 Å². The first kappa shape index (κ1) is 11.6. The Morgan fingerprint density at radius 1 is 1.29 bits per heavy atom. The predicted molar refractivity (Wildman–Crippen MR) is 63.8 cm³/mol. The fourth-order valence-corrected chi connectivity index (χ4v) is 1.70. The van der Waals surface area contributed by atoms with Crippen molar-refractivity contribution < 1.29 is 9.90 Å². The molecule has 0 atom stereocenters. The van der Waals surface area contributed by atoms with Crippen LogP contribution in [0.2, 0.25) is 0 Å². The highest BCUT2D eigenvalue weighted by Crippen LogP contribution is 2.11. The van der Waals surface area contributed by atoms with Gasteiger partial charge in [0.05, 0.1) is 6.54 Å². The molecule has 0 aliphatic rings. The molecule has 0 aliphatic carbocycles. The Hall–Kier alpha value is -1.91. The number of hydrogen-bond donors (Lipinski definition) is 1. The van der Waals surface area contributed by atoms with E-state index >= 15 is 0 Å². The molecule has 0 amide bonds. The number of unbranched alkanes of at least 4 members (excludes halogenated alkanes) is 1. The lowest BCUT2D eigenvalue weighted by Crippen LogP contribution is -2.03. The van der Waals surface area contributed by atoms with Gasteiger partial charge in [-0.25, -0.2) is 0 Å². The second-order valence-electron chi connectivity index (χ2n) is 4.14. The normalized spacial score (nSPS) is 10.9. The summed E-state index contributed by atoms with van der Waals surface area (Å²) < 4.78 is 0. The molecule has 5 nitrogen and oxygen atoms in total. The zero-order valence-corrected chi connectivity index (χ0v) is 9.76. The number of carboxylic acids is 1. The van der Waals surface area contributed by atoms with Crippen LogP contribution < -0.4 is 0 Å². The number of benzene rings is 1. The number of hydrogen-bond acceptors (Lipinski definition) is 3. The van der Waals surface area contributed by atoms with Crippen molar-refractivity contribution >= 4 is 17.0 Å². The van der Waals surface area contributed by atoms with Crippen molar-refractivity contribution in [2.45, 2.75) is 32.7 Å². The number of rotatable bonds is 5. The van der Waals surface area contributed by atoms with E-state index in [1.165, 1.54) is 0 Å². The Morgan fingerprint density at radius 2 is 2.06 bits per heavy atom. The molecule has 1 aromatic carbocycles. The van der Waals surface area contributed by atoms with Gasteiger partial charge in [-0.3, -0.25) is 4.79 Å². The maximum absolute atomic E-state index is 10.4. The number of aryl methyl sites for hydroxylation is 2. The van der Waals surface area contributed by atoms with Crippen LogP contribution in [0, 0.1) is 6.92 Å². The highest BCUT2D eigenvalue weighted by Gasteiger charge is 2.03. The van der Waals surface area contributed by atoms with Crippen LogP contribution in [0.1, 0.15) is 24.8 Å². The number of carbonyl (C=O) groups is 1. The maximum atomic E-state index is 10.4. The third kappa shape index (κ3) is 3.03. The van der Waals surface area contributed by atoms with Gasteiger partial charge in [-0.15, -0.1) is 0 Å². The molecule has 0 bridgehead atoms. The van der Waals surface area contributed by atoms with Crippen molar-refractivity contribution in [1.29, 1.82) is 0 Å². The van der Waals surface area contributed by atoms with E-state index in [1.807, 2.05) is 25.1 Å². The van der Waals surface area contributed by atoms with E-state index in [0.29, 0.717) is 13.0 Å². The Bertz CT molecular complexity index is 534. The minimum absolute atomic E-state index is 0.208. The van der Waals surface area contributed by atoms with Gasteiger partial charge in [-0.1, -0.05) is 6.07 Å². The summed E-state index contributed by atoms with van der Waals surface area (Å²) in [5, 5.41) is 17.2. The lowest BCUT2D eigenvalue weighted by Gasteiger charge is -1.97. The van der Waals surface area contributed by atoms with Crippen LogP contribution in [-0.4, -0.2) is 26.1 Å². The smallest absolute Gasteiger partial charge is 0.303 e. The van der Waals surface area contributed by atoms with E-state index in [1.54, 1.807) is 4.80 Å². The van der Waals surface area contributed by atoms with Crippen molar-refractivity contribution in [2.24, 2.45) is 0 Å². The molecule has 0 saturated heterocycles. The van der Waals surface area contributed by atoms with E-state index in [-0.39, 0.29) is 6.42 Å². The molecule has 0 spiro atoms. The van der Waals surface area contributed by atoms with E-state index < -0.39 is 5.97 Å². The van der Waals surface area contributed by atoms with Gasteiger partial charge in [0.2, 0.25) is 0 Å². The number of carboxylic acid groups (broad SMARTS) is 1. The molecule has 2 rings (SSSR count). The summed E-state index contributed by atoms with van der Waals surface area (Å²) in [5.41, 5.74) is 2.94. The molecule has 1 heterocycles. The van der Waals surface area contributed by atoms with Gasteiger partial charge in [0.1, 0.15) is 11.0 Å². The Labute approximate surface area is 99.1 Å². The minimum Gasteiger partial charge on any atom is -0.481 e. The summed E-state index contributed by atoms with van der Waals surface area (Å²) in [4.78, 5) is 12.0. The monoisotopic (exact) mass is 233 g/mol. The SMILES string of the molecule is Cc1ccc2nn(CCCCC(=O)O)nc2c1. The number of nitrogens with zero attached hydrogens (tertiary/aromatic N) is 3. The van der Waals surface area contributed by atoms with E-state index in [0.717, 1.165) is 23.0 Å². The van der Waals surface area contributed by atoms with Crippen molar-refractivity contribution in [2.75, 3.05) is 0 Å². The highest BCUT2D eigenvalue weighted by molar-refractivity contribution is 5.74. The van der Waals surface area contributed by atoms with Gasteiger partial charge >= 0.3 is 5.97 Å². The Morgan fingerprint density at radius 3 is 2.82 bits per heavy atom. The standard InChI is InChI=1S/C12H15N3O2/c1-9-5-6-10-11(8-9)14-15(13-10)7-3-2-4-12(16)17/h5-6,8H,2-4,7H2,1H3,(H,16,17). The highest BCUT2D eigenvalue weighted by atomic mass is 16.4. The van der Waals surface area contributed by atoms with Crippen LogP contribution in [-0.2, 0) is 11.3 Å². The molecule has 17 heavy (non-hydrogen) atoms. The number of fused-ring (bicyclic) bond motifs is 1. The molecule has 2 aromatic rings. The predicted octanol–water partition coefficient (Wildman–Crippen LogP) is 1.99. The molecule has 0 radical (unpaired) electrons. The second kappa shape index (κ2) is 4.95. The molecular weight excluding hydrogens is 218 g/mol. The molecule has 0 unspecified atom stereocenters. The van der Waals surface area contributed by atoms with Gasteiger partial charge in [0.15, 0.2) is 0 Å². The summed E-state index contributed by atoms with van der Waals surface area (Å²) in [5.74, 6) is -0.751. The lowest BCUT2D eigenvalue weighted by atomic mass is 10.2. The summed E-state index contributed by atoms with van der Waals surface area (Å²) >= 11 is 0. The Balaban J connectivity index is 1.97. The fourth-order valence-electron chi connectivity index (χ4n) is 1.70. The van der Waals surface area contributed by atoms with E-state index in [4.69, 9.17) is 5.11 Å². The molecule has 0 saturated carbocycles. The first-order valence-electron chi connectivity index (χ1n) is 5.68. The van der Waals surface area contributed by atoms with Crippen LogP contribution in [0.25, 0.3) is 11.0 Å². The molecule has 1 aromatic heterocycles. The van der Waals surface area contributed by atoms with E-state index in [2.05, 4.69) is 10.2 Å². The van der Waals surface area contributed by atoms with Gasteiger partial charge in [-0.2, -0.15) is 15.0 Å². The Kier molecular flexibility index (Phi) is 3.37. The maximum Gasteiger partial charge on any atom is 0.303 e. The first-order valence-corrected chi connectivity index (χ1v) is 5.68. The molecule has 90 valence electrons. The van der Waals surface area contributed by atoms with Crippen molar-refractivity contribution in [1.82, 2.24) is 15.0 Å². The van der Waals surface area contributed by atoms with Crippen molar-refractivity contribution in [3.63, 3.8) is 0 Å². The van der Waals surface area contributed by atoms with Crippen LogP contribution in [0.4, 0.5) is 0 Å². The molecular formula is C12H15N3O2. The zero-order valence-electron chi connectivity index (χ0n) is 9.76. The molecule has 0 fully saturated rings. The average Bonchev–Trinajstić information content (AvgIpc) is 2.66. The van der Waals surface area contributed by atoms with Crippen molar-refractivity contribution in [3.05, 3.63) is 23.8 Å². The fraction of sp³-hybridized carbons (Fsp3) is 0.417. The average molecular weight is 233 g/mol. The number of aromatic nitrogens is 3. The van der Waals surface area contributed by atoms with Gasteiger partial charge < -0.3 is 5.11 Å². The summed E-state index contributed by atoms with van der Waals surface area (Å²) in [6.45, 7) is 2.69. The topological polar surface area (TPSA) is 68.0 Å². The van der Waals surface area contributed by atoms with Crippen LogP contribution in [0.5, 0.6) is 0 Å². The van der Waals surface area contributed by atoms with Crippen LogP contribution in [0.15, 0.2) is 18.2 Å². The zero-order chi connectivity index (χ0) is 12.3. The van der Waals surface area contributed by atoms with Gasteiger partial charge in [0.25, 0.3) is 0 Å². The summed E-state index contributed by atoms with van der Waals surface area (Å²) in [6.07, 6.45) is 1.65. The lowest BCUT2D eigenvalue weighted by molar-refractivity contribution is -0.137. The quantitative estimate of drug-likeness (QED) is 0.802. The number of aliphatic carboxylic acids is 1. The largest absolute Gasteiger partial charge is 0.481 e. The summed E-state index contributed by atoms with van der Waals surface area (Å²) in [6, 6.07) is 5.95. The third-order valence-electron chi connectivity index (χ3n) is 2.58. The third-order valence-corrected chi connectivity index (χ3v) is 2.58. The second-order valence-corrected chi connectivity index (χ2v) is 4.14. The molecule has 0 aliphatic heterocycles. The van der Waals surface area contributed by atoms with Gasteiger partial charge in [-0.05, 0) is 37.5 Å². The van der Waals surface area contributed by atoms with E-state index in [9.17, 15) is 4.79 Å². The first-order chi connectivity index (χ1) is 8.15. The van der Waals surface area contributed by atoms with Crippen LogP contribution in [0.3, 0.4) is 0 Å².